The molecule has 0 amide bonds. The van der Waals surface area contributed by atoms with Gasteiger partial charge in [0, 0.05) is 17.7 Å². The smallest absolute Gasteiger partial charge is 0.270 e. The summed E-state index contributed by atoms with van der Waals surface area (Å²) in [5.41, 5.74) is 1.91. The average Bonchev–Trinajstić information content (AvgIpc) is 3.16. The summed E-state index contributed by atoms with van der Waals surface area (Å²) in [6, 6.07) is 16.2. The molecule has 2 aromatic carbocycles. The summed E-state index contributed by atoms with van der Waals surface area (Å²) in [5.74, 6) is 0.258. The highest BCUT2D eigenvalue weighted by atomic mass is 16.6. The molecule has 30 heavy (non-hydrogen) atoms. The first-order chi connectivity index (χ1) is 14.4. The predicted molar refractivity (Wildman–Crippen MR) is 113 cm³/mol. The Labute approximate surface area is 173 Å². The molecule has 0 spiro atoms. The maximum Gasteiger partial charge on any atom is 0.270 e. The lowest BCUT2D eigenvalue weighted by Crippen LogP contribution is -2.24. The Bertz CT molecular complexity index is 1220. The van der Waals surface area contributed by atoms with E-state index in [0.717, 1.165) is 5.56 Å². The molecule has 0 aliphatic carbocycles. The fourth-order valence-corrected chi connectivity index (χ4v) is 3.21. The summed E-state index contributed by atoms with van der Waals surface area (Å²) < 4.78 is 1.89. The lowest BCUT2D eigenvalue weighted by Gasteiger charge is -2.20. The second kappa shape index (κ2) is 7.64. The summed E-state index contributed by atoms with van der Waals surface area (Å²) >= 11 is 0. The minimum absolute atomic E-state index is 0.0354. The number of nitro benzene ring substituents is 1. The molecule has 0 fully saturated rings. The molecule has 1 atom stereocenters. The van der Waals surface area contributed by atoms with Gasteiger partial charge < -0.3 is 9.67 Å². The topological polar surface area (TPSA) is 107 Å². The van der Waals surface area contributed by atoms with E-state index >= 15 is 0 Å². The summed E-state index contributed by atoms with van der Waals surface area (Å²) in [6.45, 7) is 4.06. The lowest BCUT2D eigenvalue weighted by atomic mass is 10.0. The third-order valence-electron chi connectivity index (χ3n) is 5.16. The van der Waals surface area contributed by atoms with Gasteiger partial charge in [0.2, 0.25) is 0 Å². The summed E-state index contributed by atoms with van der Waals surface area (Å²) in [4.78, 5) is 24.5. The van der Waals surface area contributed by atoms with Crippen LogP contribution in [0.15, 0.2) is 60.9 Å². The van der Waals surface area contributed by atoms with E-state index in [4.69, 9.17) is 0 Å². The Hall–Kier alpha value is -3.65. The van der Waals surface area contributed by atoms with E-state index in [1.807, 2.05) is 41.8 Å². The Morgan fingerprint density at radius 1 is 1.13 bits per heavy atom. The number of nitro groups is 1. The summed E-state index contributed by atoms with van der Waals surface area (Å²) in [5, 5.41) is 22.1. The Balaban J connectivity index is 1.93. The van der Waals surface area contributed by atoms with Gasteiger partial charge in [-0.25, -0.2) is 15.0 Å². The van der Waals surface area contributed by atoms with E-state index < -0.39 is 10.5 Å². The van der Waals surface area contributed by atoms with Crippen molar-refractivity contribution in [3.8, 4) is 11.3 Å². The van der Waals surface area contributed by atoms with Crippen LogP contribution >= 0.6 is 0 Å². The molecule has 4 aromatic rings. The number of non-ortho nitro benzene ring substituents is 1. The molecule has 0 bridgehead atoms. The second-order valence-corrected chi connectivity index (χ2v) is 7.36. The molecule has 1 N–H and O–H groups in total. The SMILES string of the molecule is CCC(C)(O)c1nc(-c2cccc([N+](=O)[O-])c2)c2ncn(Cc3ccccc3)c2n1. The largest absolute Gasteiger partial charge is 0.382 e. The van der Waals surface area contributed by atoms with Crippen LogP contribution < -0.4 is 0 Å². The first kappa shape index (κ1) is 19.7. The van der Waals surface area contributed by atoms with E-state index in [1.54, 1.807) is 25.4 Å². The van der Waals surface area contributed by atoms with E-state index in [1.165, 1.54) is 12.1 Å². The van der Waals surface area contributed by atoms with E-state index in [-0.39, 0.29) is 11.5 Å². The molecule has 0 saturated carbocycles. The zero-order chi connectivity index (χ0) is 21.3. The van der Waals surface area contributed by atoms with Gasteiger partial charge in [-0.3, -0.25) is 10.1 Å². The zero-order valence-electron chi connectivity index (χ0n) is 16.7. The third kappa shape index (κ3) is 3.65. The number of benzene rings is 2. The molecular formula is C22H21N5O3. The number of aliphatic hydroxyl groups is 1. The first-order valence-electron chi connectivity index (χ1n) is 9.63. The standard InChI is InChI=1S/C22H21N5O3/c1-3-22(2,28)21-24-18(16-10-7-11-17(12-16)27(29)30)19-20(25-21)26(14-23-19)13-15-8-5-4-6-9-15/h4-12,14,28H,3,13H2,1-2H3. The van der Waals surface area contributed by atoms with Crippen LogP contribution in [0.4, 0.5) is 5.69 Å². The fourth-order valence-electron chi connectivity index (χ4n) is 3.21. The first-order valence-corrected chi connectivity index (χ1v) is 9.63. The number of imidazole rings is 1. The van der Waals surface area contributed by atoms with Crippen LogP contribution in [-0.4, -0.2) is 29.5 Å². The van der Waals surface area contributed by atoms with E-state index in [0.29, 0.717) is 35.4 Å². The summed E-state index contributed by atoms with van der Waals surface area (Å²) in [7, 11) is 0. The molecular weight excluding hydrogens is 382 g/mol. The van der Waals surface area contributed by atoms with Gasteiger partial charge in [0.25, 0.3) is 5.69 Å². The van der Waals surface area contributed by atoms with Gasteiger partial charge >= 0.3 is 0 Å². The molecule has 152 valence electrons. The normalized spacial score (nSPS) is 13.3. The molecule has 0 aliphatic rings. The highest BCUT2D eigenvalue weighted by Crippen LogP contribution is 2.31. The van der Waals surface area contributed by atoms with Crippen LogP contribution in [0.3, 0.4) is 0 Å². The van der Waals surface area contributed by atoms with Gasteiger partial charge in [0.05, 0.1) is 17.8 Å². The van der Waals surface area contributed by atoms with Crippen molar-refractivity contribution >= 4 is 16.9 Å². The summed E-state index contributed by atoms with van der Waals surface area (Å²) in [6.07, 6.45) is 2.09. The van der Waals surface area contributed by atoms with Gasteiger partial charge in [0.15, 0.2) is 11.5 Å². The Morgan fingerprint density at radius 2 is 1.90 bits per heavy atom. The Morgan fingerprint density at radius 3 is 2.60 bits per heavy atom. The number of hydrogen-bond donors (Lipinski definition) is 1. The van der Waals surface area contributed by atoms with E-state index in [9.17, 15) is 15.2 Å². The minimum atomic E-state index is -1.24. The van der Waals surface area contributed by atoms with Gasteiger partial charge in [0.1, 0.15) is 16.8 Å². The molecule has 0 saturated heterocycles. The maximum absolute atomic E-state index is 11.2. The molecule has 4 rings (SSSR count). The van der Waals surface area contributed by atoms with Gasteiger partial charge in [-0.2, -0.15) is 0 Å². The van der Waals surface area contributed by atoms with Crippen molar-refractivity contribution in [2.45, 2.75) is 32.4 Å². The van der Waals surface area contributed by atoms with Gasteiger partial charge in [-0.1, -0.05) is 49.4 Å². The quantitative estimate of drug-likeness (QED) is 0.384. The second-order valence-electron chi connectivity index (χ2n) is 7.36. The average molecular weight is 403 g/mol. The molecule has 0 radical (unpaired) electrons. The van der Waals surface area contributed by atoms with Crippen molar-refractivity contribution in [1.82, 2.24) is 19.5 Å². The molecule has 8 nitrogen and oxygen atoms in total. The number of fused-ring (bicyclic) bond motifs is 1. The lowest BCUT2D eigenvalue weighted by molar-refractivity contribution is -0.384. The fraction of sp³-hybridized carbons (Fsp3) is 0.227. The molecule has 0 aliphatic heterocycles. The zero-order valence-corrected chi connectivity index (χ0v) is 16.7. The van der Waals surface area contributed by atoms with Gasteiger partial charge in [-0.05, 0) is 18.9 Å². The molecule has 2 heterocycles. The number of nitrogens with zero attached hydrogens (tertiary/aromatic N) is 5. The van der Waals surface area contributed by atoms with Crippen LogP contribution in [-0.2, 0) is 12.1 Å². The monoisotopic (exact) mass is 403 g/mol. The maximum atomic E-state index is 11.2. The highest BCUT2D eigenvalue weighted by Gasteiger charge is 2.27. The van der Waals surface area contributed by atoms with Gasteiger partial charge in [-0.15, -0.1) is 0 Å². The minimum Gasteiger partial charge on any atom is -0.382 e. The molecule has 1 unspecified atom stereocenters. The Kier molecular flexibility index (Phi) is 5.01. The third-order valence-corrected chi connectivity index (χ3v) is 5.16. The molecule has 8 heteroatoms. The number of aromatic nitrogens is 4. The highest BCUT2D eigenvalue weighted by molar-refractivity contribution is 5.88. The predicted octanol–water partition coefficient (Wildman–Crippen LogP) is 4.07. The number of hydrogen-bond acceptors (Lipinski definition) is 6. The van der Waals surface area contributed by atoms with Crippen molar-refractivity contribution < 1.29 is 10.0 Å². The van der Waals surface area contributed by atoms with Crippen LogP contribution in [0.25, 0.3) is 22.4 Å². The molecule has 2 aromatic heterocycles. The van der Waals surface area contributed by atoms with Crippen molar-refractivity contribution in [3.63, 3.8) is 0 Å². The van der Waals surface area contributed by atoms with E-state index in [2.05, 4.69) is 15.0 Å². The van der Waals surface area contributed by atoms with Crippen LogP contribution in [0.1, 0.15) is 31.7 Å². The van der Waals surface area contributed by atoms with Crippen LogP contribution in [0.5, 0.6) is 0 Å². The van der Waals surface area contributed by atoms with Crippen molar-refractivity contribution in [2.24, 2.45) is 0 Å². The van der Waals surface area contributed by atoms with Crippen LogP contribution in [0.2, 0.25) is 0 Å². The van der Waals surface area contributed by atoms with Crippen molar-refractivity contribution in [2.75, 3.05) is 0 Å². The number of rotatable bonds is 6. The van der Waals surface area contributed by atoms with Crippen molar-refractivity contribution in [1.29, 1.82) is 0 Å². The van der Waals surface area contributed by atoms with Crippen LogP contribution in [0, 0.1) is 10.1 Å². The van der Waals surface area contributed by atoms with Crippen molar-refractivity contribution in [3.05, 3.63) is 82.4 Å².